The molecule has 1 aliphatic carbocycles. The molecule has 74 valence electrons. The van der Waals surface area contributed by atoms with Gasteiger partial charge < -0.3 is 4.90 Å². The Hall–Kier alpha value is -0.720. The number of nitrogens with zero attached hydrogens (tertiary/aromatic N) is 1. The van der Waals surface area contributed by atoms with E-state index in [2.05, 4.69) is 51.9 Å². The van der Waals surface area contributed by atoms with Crippen LogP contribution in [-0.2, 0) is 0 Å². The van der Waals surface area contributed by atoms with Gasteiger partial charge in [0.15, 0.2) is 0 Å². The number of rotatable bonds is 1. The molecular weight excluding hydrogens is 158 g/mol. The lowest BCUT2D eigenvalue weighted by atomic mass is 9.81. The van der Waals surface area contributed by atoms with Gasteiger partial charge in [-0.2, -0.15) is 0 Å². The minimum atomic E-state index is 0.342. The van der Waals surface area contributed by atoms with Crippen LogP contribution in [0.25, 0.3) is 0 Å². The van der Waals surface area contributed by atoms with E-state index in [1.165, 1.54) is 18.5 Å². The Morgan fingerprint density at radius 2 is 1.69 bits per heavy atom. The van der Waals surface area contributed by atoms with Gasteiger partial charge in [-0.25, -0.2) is 0 Å². The smallest absolute Gasteiger partial charge is 0.0131 e. The molecule has 1 aliphatic rings. The summed E-state index contributed by atoms with van der Waals surface area (Å²) < 4.78 is 0. The molecule has 0 fully saturated rings. The van der Waals surface area contributed by atoms with E-state index < -0.39 is 0 Å². The van der Waals surface area contributed by atoms with Crippen LogP contribution in [0.1, 0.15) is 33.6 Å². The average molecular weight is 179 g/mol. The SMILES string of the molecule is CN(C)C1=CC=C(C(C)(C)C)CC1. The van der Waals surface area contributed by atoms with Crippen molar-refractivity contribution in [2.45, 2.75) is 33.6 Å². The van der Waals surface area contributed by atoms with Gasteiger partial charge in [0, 0.05) is 19.8 Å². The second-order valence-corrected chi connectivity index (χ2v) is 4.99. The van der Waals surface area contributed by atoms with E-state index in [9.17, 15) is 0 Å². The normalized spacial score (nSPS) is 17.9. The highest BCUT2D eigenvalue weighted by atomic mass is 15.1. The number of hydrogen-bond acceptors (Lipinski definition) is 1. The van der Waals surface area contributed by atoms with Gasteiger partial charge >= 0.3 is 0 Å². The lowest BCUT2D eigenvalue weighted by Gasteiger charge is -2.28. The van der Waals surface area contributed by atoms with Crippen LogP contribution in [-0.4, -0.2) is 19.0 Å². The standard InChI is InChI=1S/C12H21N/c1-12(2,3)10-6-8-11(9-7-10)13(4)5/h6,8H,7,9H2,1-5H3. The Morgan fingerprint density at radius 1 is 1.08 bits per heavy atom. The highest BCUT2D eigenvalue weighted by Crippen LogP contribution is 2.33. The lowest BCUT2D eigenvalue weighted by molar-refractivity contribution is 0.445. The maximum absolute atomic E-state index is 2.29. The zero-order chi connectivity index (χ0) is 10.1. The minimum absolute atomic E-state index is 0.342. The predicted octanol–water partition coefficient (Wildman–Crippen LogP) is 3.20. The summed E-state index contributed by atoms with van der Waals surface area (Å²) >= 11 is 0. The molecule has 0 aliphatic heterocycles. The first-order chi connectivity index (χ1) is 5.91. The molecule has 0 spiro atoms. The van der Waals surface area contributed by atoms with Gasteiger partial charge in [-0.05, 0) is 24.3 Å². The van der Waals surface area contributed by atoms with Crippen LogP contribution in [0.3, 0.4) is 0 Å². The van der Waals surface area contributed by atoms with Crippen molar-refractivity contribution in [2.75, 3.05) is 14.1 Å². The Morgan fingerprint density at radius 3 is 2.00 bits per heavy atom. The van der Waals surface area contributed by atoms with Gasteiger partial charge in [0.25, 0.3) is 0 Å². The average Bonchev–Trinajstić information content (AvgIpc) is 2.03. The van der Waals surface area contributed by atoms with Crippen LogP contribution in [0.4, 0.5) is 0 Å². The second-order valence-electron chi connectivity index (χ2n) is 4.99. The summed E-state index contributed by atoms with van der Waals surface area (Å²) in [5, 5.41) is 0. The molecule has 0 atom stereocenters. The van der Waals surface area contributed by atoms with Crippen molar-refractivity contribution < 1.29 is 0 Å². The molecular formula is C12H21N. The molecule has 0 aromatic carbocycles. The fraction of sp³-hybridized carbons (Fsp3) is 0.667. The summed E-state index contributed by atoms with van der Waals surface area (Å²) in [4.78, 5) is 2.20. The van der Waals surface area contributed by atoms with Gasteiger partial charge in [0.2, 0.25) is 0 Å². The van der Waals surface area contributed by atoms with E-state index >= 15 is 0 Å². The van der Waals surface area contributed by atoms with Gasteiger partial charge in [0.05, 0.1) is 0 Å². The summed E-state index contributed by atoms with van der Waals surface area (Å²) in [5.41, 5.74) is 3.35. The first-order valence-electron chi connectivity index (χ1n) is 4.99. The van der Waals surface area contributed by atoms with Crippen molar-refractivity contribution in [1.82, 2.24) is 4.90 Å². The molecule has 1 rings (SSSR count). The lowest BCUT2D eigenvalue weighted by Crippen LogP contribution is -2.17. The zero-order valence-electron chi connectivity index (χ0n) is 9.52. The van der Waals surface area contributed by atoms with Crippen molar-refractivity contribution in [1.29, 1.82) is 0 Å². The summed E-state index contributed by atoms with van der Waals surface area (Å²) in [5.74, 6) is 0. The van der Waals surface area contributed by atoms with E-state index in [0.717, 1.165) is 0 Å². The molecule has 0 aromatic heterocycles. The molecule has 0 radical (unpaired) electrons. The van der Waals surface area contributed by atoms with E-state index in [1.54, 1.807) is 5.57 Å². The second kappa shape index (κ2) is 3.57. The summed E-state index contributed by atoms with van der Waals surface area (Å²) in [6, 6.07) is 0. The number of hydrogen-bond donors (Lipinski definition) is 0. The van der Waals surface area contributed by atoms with Crippen molar-refractivity contribution in [3.8, 4) is 0 Å². The molecule has 0 amide bonds. The van der Waals surface area contributed by atoms with E-state index in [0.29, 0.717) is 5.41 Å². The Labute approximate surface area is 82.1 Å². The zero-order valence-corrected chi connectivity index (χ0v) is 9.52. The van der Waals surface area contributed by atoms with Crippen LogP contribution in [0.5, 0.6) is 0 Å². The van der Waals surface area contributed by atoms with Crippen molar-refractivity contribution in [3.05, 3.63) is 23.4 Å². The minimum Gasteiger partial charge on any atom is -0.381 e. The molecule has 1 nitrogen and oxygen atoms in total. The highest BCUT2D eigenvalue weighted by molar-refractivity contribution is 5.26. The molecule has 0 aromatic rings. The third kappa shape index (κ3) is 2.61. The third-order valence-electron chi connectivity index (χ3n) is 2.67. The maximum atomic E-state index is 2.29. The van der Waals surface area contributed by atoms with Crippen molar-refractivity contribution >= 4 is 0 Å². The monoisotopic (exact) mass is 179 g/mol. The molecule has 1 heteroatoms. The van der Waals surface area contributed by atoms with E-state index in [1.807, 2.05) is 0 Å². The largest absolute Gasteiger partial charge is 0.381 e. The van der Waals surface area contributed by atoms with Crippen LogP contribution in [0, 0.1) is 5.41 Å². The number of allylic oxidation sites excluding steroid dienone is 4. The molecule has 0 heterocycles. The fourth-order valence-corrected chi connectivity index (χ4v) is 1.62. The maximum Gasteiger partial charge on any atom is 0.0131 e. The summed E-state index contributed by atoms with van der Waals surface area (Å²) in [6.45, 7) is 6.86. The molecule has 0 saturated carbocycles. The first-order valence-corrected chi connectivity index (χ1v) is 4.99. The fourth-order valence-electron chi connectivity index (χ4n) is 1.62. The Bertz CT molecular complexity index is 238. The van der Waals surface area contributed by atoms with E-state index in [-0.39, 0.29) is 0 Å². The summed E-state index contributed by atoms with van der Waals surface area (Å²) in [7, 11) is 4.23. The summed E-state index contributed by atoms with van der Waals surface area (Å²) in [6.07, 6.45) is 6.95. The van der Waals surface area contributed by atoms with Gasteiger partial charge in [-0.3, -0.25) is 0 Å². The topological polar surface area (TPSA) is 3.24 Å². The Balaban J connectivity index is 2.77. The van der Waals surface area contributed by atoms with Gasteiger partial charge in [-0.1, -0.05) is 32.4 Å². The molecule has 0 bridgehead atoms. The van der Waals surface area contributed by atoms with E-state index in [4.69, 9.17) is 0 Å². The van der Waals surface area contributed by atoms with Crippen LogP contribution in [0.15, 0.2) is 23.4 Å². The quantitative estimate of drug-likeness (QED) is 0.597. The van der Waals surface area contributed by atoms with Crippen molar-refractivity contribution in [3.63, 3.8) is 0 Å². The van der Waals surface area contributed by atoms with Crippen LogP contribution in [0.2, 0.25) is 0 Å². The molecule has 0 saturated heterocycles. The molecule has 0 unspecified atom stereocenters. The van der Waals surface area contributed by atoms with Crippen LogP contribution < -0.4 is 0 Å². The van der Waals surface area contributed by atoms with Gasteiger partial charge in [0.1, 0.15) is 0 Å². The molecule has 0 N–H and O–H groups in total. The molecule has 13 heavy (non-hydrogen) atoms. The third-order valence-corrected chi connectivity index (χ3v) is 2.67. The van der Waals surface area contributed by atoms with Crippen molar-refractivity contribution in [2.24, 2.45) is 5.41 Å². The van der Waals surface area contributed by atoms with Crippen LogP contribution >= 0.6 is 0 Å². The highest BCUT2D eigenvalue weighted by Gasteiger charge is 2.18. The first kappa shape index (κ1) is 10.4. The predicted molar refractivity (Wildman–Crippen MR) is 58.5 cm³/mol. The van der Waals surface area contributed by atoms with Gasteiger partial charge in [-0.15, -0.1) is 0 Å². The Kier molecular flexibility index (Phi) is 2.84.